The van der Waals surface area contributed by atoms with Crippen molar-refractivity contribution in [1.82, 2.24) is 15.5 Å². The number of nitrogens with zero attached hydrogens (tertiary/aromatic N) is 1. The molecular weight excluding hydrogens is 440 g/mol. The zero-order valence-electron chi connectivity index (χ0n) is 18.8. The van der Waals surface area contributed by atoms with Gasteiger partial charge in [-0.3, -0.25) is 9.59 Å². The van der Waals surface area contributed by atoms with Crippen molar-refractivity contribution in [2.24, 2.45) is 0 Å². The minimum absolute atomic E-state index is 0. The normalized spacial score (nSPS) is 17.6. The van der Waals surface area contributed by atoms with E-state index in [0.717, 1.165) is 48.9 Å². The van der Waals surface area contributed by atoms with Crippen LogP contribution in [0, 0.1) is 0 Å². The van der Waals surface area contributed by atoms with E-state index >= 15 is 0 Å². The Morgan fingerprint density at radius 2 is 1.94 bits per heavy atom. The van der Waals surface area contributed by atoms with Gasteiger partial charge in [0.15, 0.2) is 0 Å². The van der Waals surface area contributed by atoms with Crippen LogP contribution in [0.25, 0.3) is 22.0 Å². The molecule has 33 heavy (non-hydrogen) atoms. The van der Waals surface area contributed by atoms with E-state index in [1.165, 1.54) is 6.42 Å². The first-order valence-electron chi connectivity index (χ1n) is 11.3. The number of hydrogen-bond donors (Lipinski definition) is 3. The summed E-state index contributed by atoms with van der Waals surface area (Å²) in [4.78, 5) is 24.5. The fourth-order valence-corrected chi connectivity index (χ4v) is 4.44. The van der Waals surface area contributed by atoms with E-state index in [9.17, 15) is 9.59 Å². The average Bonchev–Trinajstić information content (AvgIpc) is 3.27. The molecule has 0 aliphatic heterocycles. The van der Waals surface area contributed by atoms with E-state index in [1.807, 2.05) is 42.5 Å². The fraction of sp³-hybridized carbons (Fsp3) is 0.400. The summed E-state index contributed by atoms with van der Waals surface area (Å²) < 4.78 is 5.51. The highest BCUT2D eigenvalue weighted by Gasteiger charge is 2.26. The molecule has 4 rings (SSSR count). The maximum atomic E-state index is 12.4. The minimum Gasteiger partial charge on any atom is -0.380 e. The molecule has 3 aromatic rings. The quantitative estimate of drug-likeness (QED) is 0.406. The molecule has 0 bridgehead atoms. The van der Waals surface area contributed by atoms with Crippen LogP contribution in [0.4, 0.5) is 5.69 Å². The Labute approximate surface area is 199 Å². The first-order chi connectivity index (χ1) is 15.7. The molecule has 1 amide bonds. The summed E-state index contributed by atoms with van der Waals surface area (Å²) in [6.07, 6.45) is 6.07. The maximum absolute atomic E-state index is 12.4. The number of carbonyl (C=O) groups is 1. The van der Waals surface area contributed by atoms with Crippen molar-refractivity contribution < 1.29 is 9.53 Å². The van der Waals surface area contributed by atoms with Crippen LogP contribution in [0.3, 0.4) is 0 Å². The van der Waals surface area contributed by atoms with Crippen LogP contribution in [-0.4, -0.2) is 41.9 Å². The molecule has 8 heteroatoms. The Balaban J connectivity index is 0.00000306. The predicted octanol–water partition coefficient (Wildman–Crippen LogP) is 4.28. The van der Waals surface area contributed by atoms with E-state index in [2.05, 4.69) is 20.8 Å². The summed E-state index contributed by atoms with van der Waals surface area (Å²) in [7, 11) is 1.78. The summed E-state index contributed by atoms with van der Waals surface area (Å²) >= 11 is 0. The molecule has 0 saturated heterocycles. The molecule has 2 atom stereocenters. The average molecular weight is 471 g/mol. The second kappa shape index (κ2) is 11.9. The van der Waals surface area contributed by atoms with E-state index in [4.69, 9.17) is 4.74 Å². The molecule has 2 aromatic carbocycles. The first-order valence-corrected chi connectivity index (χ1v) is 11.3. The number of methoxy groups -OCH3 is 1. The second-order valence-corrected chi connectivity index (χ2v) is 8.30. The topological polar surface area (TPSA) is 96.1 Å². The molecular formula is C25H31ClN4O3. The first kappa shape index (κ1) is 24.9. The maximum Gasteiger partial charge on any atom is 0.272 e. The molecule has 0 spiro atoms. The molecule has 1 aliphatic rings. The summed E-state index contributed by atoms with van der Waals surface area (Å²) in [5.41, 5.74) is 2.03. The third kappa shape index (κ3) is 6.19. The van der Waals surface area contributed by atoms with Crippen molar-refractivity contribution in [2.75, 3.05) is 19.0 Å². The summed E-state index contributed by atoms with van der Waals surface area (Å²) in [5, 5.41) is 14.7. The molecule has 176 valence electrons. The molecule has 1 aliphatic carbocycles. The van der Waals surface area contributed by atoms with Gasteiger partial charge in [0.2, 0.25) is 5.91 Å². The smallest absolute Gasteiger partial charge is 0.272 e. The van der Waals surface area contributed by atoms with Crippen molar-refractivity contribution in [3.8, 4) is 11.3 Å². The summed E-state index contributed by atoms with van der Waals surface area (Å²) in [5.74, 6) is -0.00271. The highest BCUT2D eigenvalue weighted by atomic mass is 35.5. The zero-order chi connectivity index (χ0) is 22.3. The highest BCUT2D eigenvalue weighted by Crippen LogP contribution is 2.26. The molecule has 1 heterocycles. The fourth-order valence-electron chi connectivity index (χ4n) is 4.44. The van der Waals surface area contributed by atoms with Gasteiger partial charge in [-0.15, -0.1) is 12.4 Å². The number of anilines is 1. The van der Waals surface area contributed by atoms with Crippen LogP contribution in [-0.2, 0) is 9.53 Å². The van der Waals surface area contributed by atoms with Gasteiger partial charge in [-0.1, -0.05) is 30.3 Å². The summed E-state index contributed by atoms with van der Waals surface area (Å²) in [6, 6.07) is 15.4. The molecule has 0 unspecified atom stereocenters. The van der Waals surface area contributed by atoms with Crippen LogP contribution >= 0.6 is 12.4 Å². The number of halogens is 1. The Hall–Kier alpha value is -2.74. The van der Waals surface area contributed by atoms with Gasteiger partial charge < -0.3 is 15.4 Å². The number of carbonyl (C=O) groups excluding carboxylic acids is 1. The molecule has 0 radical (unpaired) electrons. The zero-order valence-corrected chi connectivity index (χ0v) is 19.6. The monoisotopic (exact) mass is 470 g/mol. The van der Waals surface area contributed by atoms with Gasteiger partial charge in [0.25, 0.3) is 5.56 Å². The number of aromatic amines is 1. The number of hydrogen-bond acceptors (Lipinski definition) is 5. The lowest BCUT2D eigenvalue weighted by molar-refractivity contribution is -0.116. The molecule has 1 fully saturated rings. The largest absolute Gasteiger partial charge is 0.380 e. The third-order valence-electron chi connectivity index (χ3n) is 6.11. The lowest BCUT2D eigenvalue weighted by Gasteiger charge is -2.19. The van der Waals surface area contributed by atoms with Crippen molar-refractivity contribution >= 4 is 34.8 Å². The predicted molar refractivity (Wildman–Crippen MR) is 134 cm³/mol. The lowest BCUT2D eigenvalue weighted by atomic mass is 10.0. The second-order valence-electron chi connectivity index (χ2n) is 8.30. The molecule has 3 N–H and O–H groups in total. The van der Waals surface area contributed by atoms with Gasteiger partial charge >= 0.3 is 0 Å². The Morgan fingerprint density at radius 3 is 2.76 bits per heavy atom. The number of unbranched alkanes of at least 4 members (excludes halogenated alkanes) is 1. The van der Waals surface area contributed by atoms with E-state index in [1.54, 1.807) is 13.2 Å². The number of benzene rings is 2. The van der Waals surface area contributed by atoms with E-state index in [-0.39, 0.29) is 23.9 Å². The van der Waals surface area contributed by atoms with E-state index < -0.39 is 0 Å². The number of ether oxygens (including phenoxy) is 1. The number of amides is 1. The summed E-state index contributed by atoms with van der Waals surface area (Å²) in [6.45, 7) is 0.901. The SMILES string of the molecule is CO[C@H]1CCC[C@@H]1NCCCCC(=O)Nc1cccc(-c2n[nH]c(=O)c3ccccc23)c1.Cl. The van der Waals surface area contributed by atoms with Crippen molar-refractivity contribution in [3.05, 3.63) is 58.9 Å². The van der Waals surface area contributed by atoms with Gasteiger partial charge in [-0.05, 0) is 56.8 Å². The Kier molecular flexibility index (Phi) is 9.00. The minimum atomic E-state index is -0.214. The van der Waals surface area contributed by atoms with Crippen molar-refractivity contribution in [1.29, 1.82) is 0 Å². The number of rotatable bonds is 9. The van der Waals surface area contributed by atoms with Crippen LogP contribution < -0.4 is 16.2 Å². The molecule has 7 nitrogen and oxygen atoms in total. The lowest BCUT2D eigenvalue weighted by Crippen LogP contribution is -2.37. The van der Waals surface area contributed by atoms with Gasteiger partial charge in [0.1, 0.15) is 0 Å². The van der Waals surface area contributed by atoms with Gasteiger partial charge in [-0.2, -0.15) is 5.10 Å². The van der Waals surface area contributed by atoms with Gasteiger partial charge in [-0.25, -0.2) is 5.10 Å². The van der Waals surface area contributed by atoms with Crippen LogP contribution in [0.2, 0.25) is 0 Å². The Bertz CT molecular complexity index is 1130. The molecule has 1 saturated carbocycles. The standard InChI is InChI=1S/C25H30N4O3.ClH/c1-32-22-13-7-12-21(22)26-15-5-4-14-23(30)27-18-9-6-8-17(16-18)24-19-10-2-3-11-20(19)25(31)29-28-24;/h2-3,6,8-11,16,21-22,26H,4-5,7,12-15H2,1H3,(H,27,30)(H,29,31);1H/t21-,22-;/m0./s1. The highest BCUT2D eigenvalue weighted by molar-refractivity contribution is 5.95. The molecule has 1 aromatic heterocycles. The number of fused-ring (bicyclic) bond motifs is 1. The van der Waals surface area contributed by atoms with Gasteiger partial charge in [0.05, 0.1) is 17.2 Å². The number of nitrogens with one attached hydrogen (secondary N) is 3. The number of H-pyrrole nitrogens is 1. The van der Waals surface area contributed by atoms with Crippen molar-refractivity contribution in [2.45, 2.75) is 50.7 Å². The van der Waals surface area contributed by atoms with Gasteiger partial charge in [0, 0.05) is 36.2 Å². The van der Waals surface area contributed by atoms with Crippen LogP contribution in [0.5, 0.6) is 0 Å². The van der Waals surface area contributed by atoms with Crippen LogP contribution in [0.15, 0.2) is 53.3 Å². The van der Waals surface area contributed by atoms with Crippen molar-refractivity contribution in [3.63, 3.8) is 0 Å². The van der Waals surface area contributed by atoms with E-state index in [0.29, 0.717) is 29.6 Å². The number of aromatic nitrogens is 2. The van der Waals surface area contributed by atoms with Crippen LogP contribution in [0.1, 0.15) is 38.5 Å². The third-order valence-corrected chi connectivity index (χ3v) is 6.11. The Morgan fingerprint density at radius 1 is 1.12 bits per heavy atom.